The Balaban J connectivity index is 1.85. The maximum atomic E-state index is 14.3. The topological polar surface area (TPSA) is 97.6 Å². The van der Waals surface area contributed by atoms with Crippen LogP contribution >= 0.6 is 23.2 Å². The van der Waals surface area contributed by atoms with Crippen LogP contribution < -0.4 is 0 Å². The number of allylic oxidation sites excluding steroid dienone is 1. The van der Waals surface area contributed by atoms with Crippen molar-refractivity contribution in [1.29, 1.82) is 0 Å². The summed E-state index contributed by atoms with van der Waals surface area (Å²) in [6.07, 6.45) is 0.934. The van der Waals surface area contributed by atoms with Gasteiger partial charge in [0.2, 0.25) is 6.04 Å². The first kappa shape index (κ1) is 26.4. The Labute approximate surface area is 230 Å². The summed E-state index contributed by atoms with van der Waals surface area (Å²) in [5, 5.41) is 13.8. The average molecular weight is 571 g/mol. The quantitative estimate of drug-likeness (QED) is 0.258. The van der Waals surface area contributed by atoms with Gasteiger partial charge in [-0.3, -0.25) is 19.2 Å². The summed E-state index contributed by atoms with van der Waals surface area (Å²) in [4.78, 5) is 25.9. The molecular formula is C28H24Cl2N2O5S. The lowest BCUT2D eigenvalue weighted by Crippen LogP contribution is -2.52. The van der Waals surface area contributed by atoms with Crippen LogP contribution in [0.15, 0.2) is 89.0 Å². The van der Waals surface area contributed by atoms with Crippen LogP contribution in [0.5, 0.6) is 0 Å². The highest BCUT2D eigenvalue weighted by Crippen LogP contribution is 2.51. The number of nitrogens with zero attached hydrogens (tertiary/aromatic N) is 2. The zero-order chi connectivity index (χ0) is 27.2. The van der Waals surface area contributed by atoms with Gasteiger partial charge in [0.15, 0.2) is 5.78 Å². The molecule has 0 N–H and O–H groups in total. The fraction of sp³-hybridized carbons (Fsp3) is 0.250. The number of nitro groups is 1. The number of benzene rings is 3. The van der Waals surface area contributed by atoms with Gasteiger partial charge < -0.3 is 0 Å². The fourth-order valence-corrected chi connectivity index (χ4v) is 7.45. The van der Waals surface area contributed by atoms with E-state index in [-0.39, 0.29) is 22.7 Å². The fourth-order valence-electron chi connectivity index (χ4n) is 5.47. The van der Waals surface area contributed by atoms with Crippen LogP contribution in [0.1, 0.15) is 47.9 Å². The standard InChI is InChI=1S/C28H24Cl2N2O5S/c1-17-5-15-22(16-6-17)38(36,37)31-23-3-2-4-24(33)26(23)25(18-7-11-20(29)12-8-18)28(32(34)35)27(31)19-9-13-21(30)14-10-19/h5-16,25,27-28H,2-4H2,1H3/t25-,27-,28+/m1/s1. The van der Waals surface area contributed by atoms with Crippen molar-refractivity contribution in [1.82, 2.24) is 4.31 Å². The van der Waals surface area contributed by atoms with Gasteiger partial charge in [0.25, 0.3) is 10.0 Å². The third-order valence-electron chi connectivity index (χ3n) is 7.19. The number of sulfonamides is 1. The molecule has 0 unspecified atom stereocenters. The molecule has 10 heteroatoms. The second-order valence-electron chi connectivity index (χ2n) is 9.55. The normalized spacial score (nSPS) is 21.8. The van der Waals surface area contributed by atoms with Gasteiger partial charge in [0.05, 0.1) is 10.8 Å². The summed E-state index contributed by atoms with van der Waals surface area (Å²) in [6.45, 7) is 1.84. The maximum Gasteiger partial charge on any atom is 0.264 e. The predicted octanol–water partition coefficient (Wildman–Crippen LogP) is 6.48. The van der Waals surface area contributed by atoms with Crippen molar-refractivity contribution in [2.24, 2.45) is 0 Å². The van der Waals surface area contributed by atoms with Gasteiger partial charge in [-0.25, -0.2) is 8.42 Å². The van der Waals surface area contributed by atoms with Crippen molar-refractivity contribution < 1.29 is 18.1 Å². The molecule has 3 aromatic carbocycles. The lowest BCUT2D eigenvalue weighted by molar-refractivity contribution is -0.534. The monoisotopic (exact) mass is 570 g/mol. The summed E-state index contributed by atoms with van der Waals surface area (Å²) in [7, 11) is -4.29. The summed E-state index contributed by atoms with van der Waals surface area (Å²) in [6, 6.07) is 16.6. The largest absolute Gasteiger partial charge is 0.294 e. The highest BCUT2D eigenvalue weighted by Gasteiger charge is 2.56. The molecule has 3 atom stereocenters. The molecule has 0 saturated heterocycles. The molecule has 1 aliphatic carbocycles. The molecule has 0 bridgehead atoms. The van der Waals surface area contributed by atoms with E-state index < -0.39 is 32.9 Å². The van der Waals surface area contributed by atoms with Gasteiger partial charge in [0, 0.05) is 32.7 Å². The third-order valence-corrected chi connectivity index (χ3v) is 9.52. The molecule has 196 valence electrons. The number of hydrogen-bond donors (Lipinski definition) is 0. The van der Waals surface area contributed by atoms with Crippen molar-refractivity contribution in [3.05, 3.63) is 121 Å². The average Bonchev–Trinajstić information content (AvgIpc) is 2.88. The molecular weight excluding hydrogens is 547 g/mol. The van der Waals surface area contributed by atoms with E-state index in [2.05, 4.69) is 0 Å². The van der Waals surface area contributed by atoms with Gasteiger partial charge in [-0.2, -0.15) is 0 Å². The number of hydrogen-bond acceptors (Lipinski definition) is 5. The van der Waals surface area contributed by atoms with E-state index in [1.165, 1.54) is 12.1 Å². The van der Waals surface area contributed by atoms with Gasteiger partial charge in [-0.1, -0.05) is 65.2 Å². The Morgan fingerprint density at radius 1 is 0.868 bits per heavy atom. The minimum Gasteiger partial charge on any atom is -0.294 e. The number of ketones is 1. The van der Waals surface area contributed by atoms with E-state index in [4.69, 9.17) is 23.2 Å². The second kappa shape index (κ2) is 10.2. The Morgan fingerprint density at radius 2 is 1.42 bits per heavy atom. The Morgan fingerprint density at radius 3 is 1.97 bits per heavy atom. The molecule has 0 amide bonds. The minimum absolute atomic E-state index is 0.000947. The molecule has 0 radical (unpaired) electrons. The zero-order valence-electron chi connectivity index (χ0n) is 20.4. The minimum atomic E-state index is -4.29. The van der Waals surface area contributed by atoms with Crippen molar-refractivity contribution >= 4 is 39.0 Å². The number of Topliss-reactive ketones (excluding diaryl/α,β-unsaturated/α-hetero) is 1. The van der Waals surface area contributed by atoms with Crippen LogP contribution in [-0.4, -0.2) is 29.5 Å². The number of halogens is 2. The summed E-state index contributed by atoms with van der Waals surface area (Å²) in [5.41, 5.74) is 2.30. The van der Waals surface area contributed by atoms with Gasteiger partial charge in [0.1, 0.15) is 6.04 Å². The molecule has 38 heavy (non-hydrogen) atoms. The van der Waals surface area contributed by atoms with Gasteiger partial charge >= 0.3 is 0 Å². The third kappa shape index (κ3) is 4.61. The first-order chi connectivity index (χ1) is 18.1. The van der Waals surface area contributed by atoms with Crippen LogP contribution in [-0.2, 0) is 14.8 Å². The van der Waals surface area contributed by atoms with E-state index >= 15 is 0 Å². The summed E-state index contributed by atoms with van der Waals surface area (Å²) < 4.78 is 29.7. The molecule has 0 spiro atoms. The Kier molecular flexibility index (Phi) is 7.07. The van der Waals surface area contributed by atoms with E-state index in [1.807, 2.05) is 6.92 Å². The molecule has 7 nitrogen and oxygen atoms in total. The predicted molar refractivity (Wildman–Crippen MR) is 145 cm³/mol. The summed E-state index contributed by atoms with van der Waals surface area (Å²) in [5.74, 6) is -1.24. The number of aryl methyl sites for hydroxylation is 1. The zero-order valence-corrected chi connectivity index (χ0v) is 22.7. The highest BCUT2D eigenvalue weighted by molar-refractivity contribution is 7.89. The molecule has 3 aromatic rings. The number of carbonyl (C=O) groups is 1. The molecule has 1 aliphatic heterocycles. The Bertz CT molecular complexity index is 1540. The SMILES string of the molecule is Cc1ccc(S(=O)(=O)N2C3=C(C(=O)CCC3)[C@@H](c3ccc(Cl)cc3)[C@H]([N+](=O)[O-])[C@H]2c2ccc(Cl)cc2)cc1. The van der Waals surface area contributed by atoms with Gasteiger partial charge in [-0.15, -0.1) is 0 Å². The lowest BCUT2D eigenvalue weighted by Gasteiger charge is -2.45. The molecule has 5 rings (SSSR count). The summed E-state index contributed by atoms with van der Waals surface area (Å²) >= 11 is 12.2. The molecule has 2 aliphatic rings. The van der Waals surface area contributed by atoms with Crippen molar-refractivity contribution in [3.8, 4) is 0 Å². The van der Waals surface area contributed by atoms with Crippen molar-refractivity contribution in [3.63, 3.8) is 0 Å². The van der Waals surface area contributed by atoms with Crippen LogP contribution in [0, 0.1) is 17.0 Å². The first-order valence-electron chi connectivity index (χ1n) is 12.1. The molecule has 0 fully saturated rings. The van der Waals surface area contributed by atoms with Crippen LogP contribution in [0.2, 0.25) is 10.0 Å². The van der Waals surface area contributed by atoms with Crippen LogP contribution in [0.3, 0.4) is 0 Å². The number of carbonyl (C=O) groups excluding carboxylic acids is 1. The highest BCUT2D eigenvalue weighted by atomic mass is 35.5. The first-order valence-corrected chi connectivity index (χ1v) is 14.3. The van der Waals surface area contributed by atoms with E-state index in [0.717, 1.165) is 9.87 Å². The Hall–Kier alpha value is -3.20. The van der Waals surface area contributed by atoms with E-state index in [9.17, 15) is 23.3 Å². The number of rotatable bonds is 5. The molecule has 0 saturated carbocycles. The van der Waals surface area contributed by atoms with Crippen LogP contribution in [0.25, 0.3) is 0 Å². The van der Waals surface area contributed by atoms with Crippen molar-refractivity contribution in [2.45, 2.75) is 49.1 Å². The van der Waals surface area contributed by atoms with E-state index in [0.29, 0.717) is 39.7 Å². The van der Waals surface area contributed by atoms with Gasteiger partial charge in [-0.05, 0) is 67.3 Å². The van der Waals surface area contributed by atoms with Crippen molar-refractivity contribution in [2.75, 3.05) is 0 Å². The maximum absolute atomic E-state index is 14.3. The van der Waals surface area contributed by atoms with E-state index in [1.54, 1.807) is 60.7 Å². The molecule has 0 aromatic heterocycles. The van der Waals surface area contributed by atoms with Crippen LogP contribution in [0.4, 0.5) is 0 Å². The molecule has 1 heterocycles. The lowest BCUT2D eigenvalue weighted by atomic mass is 9.72. The second-order valence-corrected chi connectivity index (χ2v) is 12.2. The smallest absolute Gasteiger partial charge is 0.264 e.